The number of aryl methyl sites for hydroxylation is 1. The van der Waals surface area contributed by atoms with Gasteiger partial charge in [0.25, 0.3) is 11.8 Å². The fourth-order valence-electron chi connectivity index (χ4n) is 4.94. The predicted octanol–water partition coefficient (Wildman–Crippen LogP) is 4.97. The molecule has 8 nitrogen and oxygen atoms in total. The van der Waals surface area contributed by atoms with Crippen molar-refractivity contribution in [2.24, 2.45) is 16.8 Å². The van der Waals surface area contributed by atoms with Crippen molar-refractivity contribution in [3.8, 4) is 11.6 Å². The summed E-state index contributed by atoms with van der Waals surface area (Å²) in [5, 5.41) is 3.30. The monoisotopic (exact) mass is 567 g/mol. The Hall–Kier alpha value is -3.73. The number of nitrogens with zero attached hydrogens (tertiary/aromatic N) is 4. The number of ether oxygens (including phenoxy) is 2. The van der Waals surface area contributed by atoms with Crippen molar-refractivity contribution in [2.45, 2.75) is 26.3 Å². The Balaban J connectivity index is 1.56. The lowest BCUT2D eigenvalue weighted by atomic mass is 9.81. The van der Waals surface area contributed by atoms with Gasteiger partial charge in [0.05, 0.1) is 26.0 Å². The molecule has 2 aromatic carbocycles. The van der Waals surface area contributed by atoms with Crippen LogP contribution in [0, 0.1) is 30.4 Å². The molecule has 1 amide bonds. The van der Waals surface area contributed by atoms with Gasteiger partial charge in [0.2, 0.25) is 11.8 Å². The van der Waals surface area contributed by atoms with Gasteiger partial charge >= 0.3 is 0 Å². The van der Waals surface area contributed by atoms with Gasteiger partial charge in [0.1, 0.15) is 17.1 Å². The predicted molar refractivity (Wildman–Crippen MR) is 151 cm³/mol. The highest BCUT2D eigenvalue weighted by Crippen LogP contribution is 2.48. The molecule has 1 aromatic heterocycles. The van der Waals surface area contributed by atoms with E-state index in [1.807, 2.05) is 24.8 Å². The first-order valence-corrected chi connectivity index (χ1v) is 14.0. The number of amidine groups is 1. The van der Waals surface area contributed by atoms with E-state index < -0.39 is 17.2 Å². The number of aromatic nitrogens is 2. The molecule has 210 valence electrons. The SMILES string of the molecule is COc1nc(N2C[C@H]3CSC(NC(=O)c4ccccc4)=N[C@@]3(c3cc(OCC(C)C)ccc3F)C2)nc(C)c1F. The molecule has 1 N–H and O–H groups in total. The van der Waals surface area contributed by atoms with Crippen LogP contribution < -0.4 is 19.7 Å². The molecule has 0 bridgehead atoms. The third-order valence-corrected chi connectivity index (χ3v) is 8.00. The molecular formula is C29H31F2N5O3S. The third-order valence-electron chi connectivity index (χ3n) is 6.97. The molecular weight excluding hydrogens is 536 g/mol. The molecule has 3 heterocycles. The molecule has 2 aliphatic rings. The van der Waals surface area contributed by atoms with Crippen LogP contribution in [-0.4, -0.2) is 53.6 Å². The van der Waals surface area contributed by atoms with Crippen LogP contribution in [0.25, 0.3) is 0 Å². The van der Waals surface area contributed by atoms with E-state index in [0.717, 1.165) is 0 Å². The number of hydrogen-bond acceptors (Lipinski definition) is 8. The summed E-state index contributed by atoms with van der Waals surface area (Å²) in [5.41, 5.74) is -0.0776. The van der Waals surface area contributed by atoms with Gasteiger partial charge in [-0.15, -0.1) is 0 Å². The molecule has 0 spiro atoms. The fraction of sp³-hybridized carbons (Fsp3) is 0.379. The number of thioether (sulfide) groups is 1. The first-order valence-electron chi connectivity index (χ1n) is 13.0. The van der Waals surface area contributed by atoms with Crippen molar-refractivity contribution in [3.05, 3.63) is 77.0 Å². The number of amides is 1. The van der Waals surface area contributed by atoms with E-state index in [4.69, 9.17) is 14.5 Å². The van der Waals surface area contributed by atoms with Crippen LogP contribution in [-0.2, 0) is 5.54 Å². The van der Waals surface area contributed by atoms with Crippen molar-refractivity contribution in [1.82, 2.24) is 15.3 Å². The Bertz CT molecular complexity index is 1440. The van der Waals surface area contributed by atoms with Gasteiger partial charge in [-0.2, -0.15) is 9.37 Å². The second kappa shape index (κ2) is 11.4. The molecule has 2 aliphatic heterocycles. The smallest absolute Gasteiger partial charge is 0.257 e. The molecule has 1 fully saturated rings. The average Bonchev–Trinajstić information content (AvgIpc) is 3.34. The van der Waals surface area contributed by atoms with Gasteiger partial charge in [-0.05, 0) is 43.2 Å². The molecule has 2 atom stereocenters. The second-order valence-electron chi connectivity index (χ2n) is 10.3. The van der Waals surface area contributed by atoms with Crippen LogP contribution in [0.3, 0.4) is 0 Å². The van der Waals surface area contributed by atoms with Crippen LogP contribution in [0.2, 0.25) is 0 Å². The Morgan fingerprint density at radius 3 is 2.70 bits per heavy atom. The molecule has 3 aromatic rings. The summed E-state index contributed by atoms with van der Waals surface area (Å²) in [5.74, 6) is -0.0212. The van der Waals surface area contributed by atoms with E-state index >= 15 is 4.39 Å². The van der Waals surface area contributed by atoms with E-state index in [1.165, 1.54) is 24.9 Å². The minimum atomic E-state index is -1.08. The zero-order valence-corrected chi connectivity index (χ0v) is 23.6. The van der Waals surface area contributed by atoms with E-state index in [0.29, 0.717) is 46.9 Å². The topological polar surface area (TPSA) is 88.9 Å². The van der Waals surface area contributed by atoms with Crippen LogP contribution in [0.1, 0.15) is 35.5 Å². The number of rotatable bonds is 7. The van der Waals surface area contributed by atoms with Gasteiger partial charge in [-0.3, -0.25) is 4.79 Å². The van der Waals surface area contributed by atoms with Gasteiger partial charge in [-0.1, -0.05) is 43.8 Å². The van der Waals surface area contributed by atoms with Crippen molar-refractivity contribution in [3.63, 3.8) is 0 Å². The van der Waals surface area contributed by atoms with E-state index in [1.54, 1.807) is 43.3 Å². The van der Waals surface area contributed by atoms with Gasteiger partial charge in [0.15, 0.2) is 5.17 Å². The first-order chi connectivity index (χ1) is 19.2. The zero-order chi connectivity index (χ0) is 28.4. The summed E-state index contributed by atoms with van der Waals surface area (Å²) >= 11 is 1.40. The lowest BCUT2D eigenvalue weighted by Crippen LogP contribution is -2.43. The number of fused-ring (bicyclic) bond motifs is 1. The van der Waals surface area contributed by atoms with Gasteiger partial charge in [-0.25, -0.2) is 14.4 Å². The van der Waals surface area contributed by atoms with Crippen LogP contribution >= 0.6 is 11.8 Å². The summed E-state index contributed by atoms with van der Waals surface area (Å²) in [7, 11) is 1.35. The van der Waals surface area contributed by atoms with Crippen molar-refractivity contribution < 1.29 is 23.0 Å². The standard InChI is InChI=1S/C29H31F2N5O3S/c1-17(2)14-39-21-10-11-23(30)22(12-21)29-16-36(27-32-18(3)24(31)26(34-27)38-4)13-20(29)15-40-28(35-29)33-25(37)19-8-6-5-7-9-19/h5-12,17,20H,13-16H2,1-4H3,(H,33,35,37)/t20-,29-/m0/s1. The maximum absolute atomic E-state index is 15.7. The Morgan fingerprint density at radius 2 is 1.98 bits per heavy atom. The fourth-order valence-corrected chi connectivity index (χ4v) is 6.07. The molecule has 0 aliphatic carbocycles. The Labute approximate surface area is 236 Å². The second-order valence-corrected chi connectivity index (χ2v) is 11.3. The van der Waals surface area contributed by atoms with E-state index in [-0.39, 0.29) is 35.9 Å². The lowest BCUT2D eigenvalue weighted by Gasteiger charge is -2.35. The maximum atomic E-state index is 15.7. The number of methoxy groups -OCH3 is 1. The number of carbonyl (C=O) groups is 1. The molecule has 1 saturated heterocycles. The molecule has 0 saturated carbocycles. The molecule has 0 radical (unpaired) electrons. The number of benzene rings is 2. The normalized spacial score (nSPS) is 20.2. The molecule has 40 heavy (non-hydrogen) atoms. The van der Waals surface area contributed by atoms with Gasteiger partial charge < -0.3 is 19.7 Å². The Morgan fingerprint density at radius 1 is 1.20 bits per heavy atom. The summed E-state index contributed by atoms with van der Waals surface area (Å²) < 4.78 is 41.2. The Kier molecular flexibility index (Phi) is 7.93. The third kappa shape index (κ3) is 5.47. The largest absolute Gasteiger partial charge is 0.493 e. The molecule has 0 unspecified atom stereocenters. The highest BCUT2D eigenvalue weighted by Gasteiger charge is 2.52. The van der Waals surface area contributed by atoms with E-state index in [9.17, 15) is 9.18 Å². The summed E-state index contributed by atoms with van der Waals surface area (Å²) in [4.78, 5) is 28.5. The quantitative estimate of drug-likeness (QED) is 0.431. The van der Waals surface area contributed by atoms with Crippen molar-refractivity contribution in [1.29, 1.82) is 0 Å². The number of nitrogens with one attached hydrogen (secondary N) is 1. The molecule has 5 rings (SSSR count). The highest BCUT2D eigenvalue weighted by molar-refractivity contribution is 8.13. The number of carbonyl (C=O) groups excluding carboxylic acids is 1. The molecule has 11 heteroatoms. The van der Waals surface area contributed by atoms with Crippen molar-refractivity contribution >= 4 is 28.8 Å². The average molecular weight is 568 g/mol. The minimum absolute atomic E-state index is 0.148. The lowest BCUT2D eigenvalue weighted by molar-refractivity contribution is 0.0977. The van der Waals surface area contributed by atoms with E-state index in [2.05, 4.69) is 15.3 Å². The highest BCUT2D eigenvalue weighted by atomic mass is 32.2. The maximum Gasteiger partial charge on any atom is 0.257 e. The zero-order valence-electron chi connectivity index (χ0n) is 22.8. The van der Waals surface area contributed by atoms with Crippen LogP contribution in [0.15, 0.2) is 53.5 Å². The summed E-state index contributed by atoms with van der Waals surface area (Å²) in [6, 6.07) is 13.5. The van der Waals surface area contributed by atoms with Crippen LogP contribution in [0.4, 0.5) is 14.7 Å². The van der Waals surface area contributed by atoms with Gasteiger partial charge in [0, 0.05) is 29.3 Å². The first kappa shape index (κ1) is 27.8. The van der Waals surface area contributed by atoms with Crippen molar-refractivity contribution in [2.75, 3.05) is 37.5 Å². The number of halogens is 2. The number of aliphatic imine (C=N–C) groups is 1. The van der Waals surface area contributed by atoms with Crippen LogP contribution in [0.5, 0.6) is 11.6 Å². The number of anilines is 1. The summed E-state index contributed by atoms with van der Waals surface area (Å²) in [6.45, 7) is 6.76. The number of hydrogen-bond donors (Lipinski definition) is 1. The minimum Gasteiger partial charge on any atom is -0.493 e. The summed E-state index contributed by atoms with van der Waals surface area (Å²) in [6.07, 6.45) is 0.